The maximum absolute atomic E-state index is 12.6. The fraction of sp³-hybridized carbons (Fsp3) is 0.200. The zero-order chi connectivity index (χ0) is 16.8. The summed E-state index contributed by atoms with van der Waals surface area (Å²) in [4.78, 5) is 26.0. The molecule has 0 spiro atoms. The van der Waals surface area contributed by atoms with Gasteiger partial charge in [-0.15, -0.1) is 11.7 Å². The first-order valence-corrected chi connectivity index (χ1v) is 8.21. The van der Waals surface area contributed by atoms with Crippen LogP contribution in [0, 0.1) is 0 Å². The lowest BCUT2D eigenvalue weighted by molar-refractivity contribution is -0.123. The molecule has 23 heavy (non-hydrogen) atoms. The lowest BCUT2D eigenvalue weighted by Crippen LogP contribution is -2.40. The van der Waals surface area contributed by atoms with Crippen LogP contribution in [0.15, 0.2) is 48.1 Å². The number of hydrogen-bond donors (Lipinski definition) is 1. The van der Waals surface area contributed by atoms with E-state index >= 15 is 0 Å². The number of thiocarbonyl (C=S) groups is 1. The van der Waals surface area contributed by atoms with E-state index in [1.54, 1.807) is 37.4 Å². The van der Waals surface area contributed by atoms with Crippen LogP contribution in [-0.2, 0) is 4.79 Å². The minimum Gasteiger partial charge on any atom is -0.364 e. The molecular weight excluding hydrogens is 332 g/mol. The average molecular weight is 348 g/mol. The zero-order valence-corrected chi connectivity index (χ0v) is 14.2. The fourth-order valence-corrected chi connectivity index (χ4v) is 2.86. The number of benzene rings is 1. The number of amides is 2. The van der Waals surface area contributed by atoms with Crippen molar-refractivity contribution in [3.05, 3.63) is 48.6 Å². The van der Waals surface area contributed by atoms with Crippen LogP contribution in [0.25, 0.3) is 0 Å². The average Bonchev–Trinajstić information content (AvgIpc) is 2.93. The van der Waals surface area contributed by atoms with Crippen molar-refractivity contribution in [2.75, 3.05) is 19.3 Å². The van der Waals surface area contributed by atoms with Crippen LogP contribution in [-0.4, -0.2) is 51.3 Å². The number of nitrogens with one attached hydrogen (secondary N) is 1. The molecule has 1 N–H and O–H groups in total. The Hall–Kier alpha value is -2.19. The molecule has 2 amide bonds. The number of rotatable bonds is 4. The smallest absolute Gasteiger partial charge is 0.280 e. The van der Waals surface area contributed by atoms with E-state index < -0.39 is 0 Å². The first-order valence-electron chi connectivity index (χ1n) is 6.82. The molecule has 0 bridgehead atoms. The van der Waals surface area contributed by atoms with Crippen LogP contribution in [0.2, 0.25) is 0 Å². The van der Waals surface area contributed by atoms with Gasteiger partial charge in [-0.3, -0.25) is 14.5 Å². The Morgan fingerprint density at radius 3 is 2.83 bits per heavy atom. The Morgan fingerprint density at radius 1 is 1.52 bits per heavy atom. The molecule has 1 aromatic rings. The summed E-state index contributed by atoms with van der Waals surface area (Å²) in [5.74, 6) is -0.154. The van der Waals surface area contributed by atoms with E-state index in [1.807, 2.05) is 6.07 Å². The van der Waals surface area contributed by atoms with E-state index in [2.05, 4.69) is 17.0 Å². The lowest BCUT2D eigenvalue weighted by atomic mass is 10.2. The van der Waals surface area contributed by atoms with Gasteiger partial charge in [0.05, 0.1) is 5.75 Å². The van der Waals surface area contributed by atoms with Gasteiger partial charge < -0.3 is 5.32 Å². The second kappa shape index (κ2) is 7.89. The third kappa shape index (κ3) is 3.96. The van der Waals surface area contributed by atoms with Crippen LogP contribution < -0.4 is 5.32 Å². The molecule has 0 aromatic heterocycles. The molecule has 120 valence electrons. The second-order valence-electron chi connectivity index (χ2n) is 4.50. The van der Waals surface area contributed by atoms with E-state index in [4.69, 9.17) is 12.2 Å². The summed E-state index contributed by atoms with van der Waals surface area (Å²) in [5.41, 5.74) is 0.457. The third-order valence-electron chi connectivity index (χ3n) is 2.97. The second-order valence-corrected chi connectivity index (χ2v) is 5.83. The predicted molar refractivity (Wildman–Crippen MR) is 96.1 cm³/mol. The van der Waals surface area contributed by atoms with Gasteiger partial charge in [0.2, 0.25) is 5.91 Å². The van der Waals surface area contributed by atoms with Crippen molar-refractivity contribution in [3.63, 3.8) is 0 Å². The normalized spacial score (nSPS) is 15.6. The molecule has 1 aliphatic heterocycles. The standard InChI is InChI=1S/C15H16N4O2S2/c1-3-9-18-12(20)10-23-15(18)17-19(14(22)16-2)13(21)11-7-5-4-6-8-11/h3-8H,1,9-10H2,2H3,(H,16,22)/b17-15-. The minimum absolute atomic E-state index is 0.0730. The molecule has 6 nitrogen and oxygen atoms in total. The summed E-state index contributed by atoms with van der Waals surface area (Å²) < 4.78 is 0. The molecule has 1 aliphatic rings. The first-order chi connectivity index (χ1) is 11.1. The van der Waals surface area contributed by atoms with Crippen LogP contribution in [0.5, 0.6) is 0 Å². The Labute approximate surface area is 144 Å². The number of nitrogens with zero attached hydrogens (tertiary/aromatic N) is 3. The van der Waals surface area contributed by atoms with Crippen molar-refractivity contribution in [2.45, 2.75) is 0 Å². The third-order valence-corrected chi connectivity index (χ3v) is 4.30. The minimum atomic E-state index is -0.365. The van der Waals surface area contributed by atoms with Gasteiger partial charge in [-0.25, -0.2) is 0 Å². The molecule has 1 fully saturated rings. The SMILES string of the molecule is C=CCN1C(=O)CS/C1=N\N(C(=O)c1ccccc1)C(=S)NC. The van der Waals surface area contributed by atoms with Crippen LogP contribution in [0.3, 0.4) is 0 Å². The van der Waals surface area contributed by atoms with Gasteiger partial charge in [-0.05, 0) is 24.4 Å². The molecular formula is C15H16N4O2S2. The van der Waals surface area contributed by atoms with Crippen LogP contribution in [0.1, 0.15) is 10.4 Å². The number of hydrazone groups is 1. The highest BCUT2D eigenvalue weighted by molar-refractivity contribution is 8.15. The summed E-state index contributed by atoms with van der Waals surface area (Å²) in [6.45, 7) is 3.97. The van der Waals surface area contributed by atoms with Gasteiger partial charge in [0, 0.05) is 19.2 Å². The Balaban J connectivity index is 2.34. The number of carbonyl (C=O) groups is 2. The molecule has 2 rings (SSSR count). The van der Waals surface area contributed by atoms with Crippen molar-refractivity contribution >= 4 is 46.1 Å². The Bertz CT molecular complexity index is 661. The molecule has 8 heteroatoms. The van der Waals surface area contributed by atoms with Gasteiger partial charge in [-0.1, -0.05) is 36.0 Å². The topological polar surface area (TPSA) is 65.0 Å². The van der Waals surface area contributed by atoms with Crippen LogP contribution in [0.4, 0.5) is 0 Å². The van der Waals surface area contributed by atoms with Crippen molar-refractivity contribution in [1.29, 1.82) is 0 Å². The molecule has 1 heterocycles. The number of amidine groups is 1. The molecule has 0 radical (unpaired) electrons. The predicted octanol–water partition coefficient (Wildman–Crippen LogP) is 1.67. The van der Waals surface area contributed by atoms with Gasteiger partial charge in [0.15, 0.2) is 10.3 Å². The van der Waals surface area contributed by atoms with Crippen molar-refractivity contribution in [2.24, 2.45) is 5.10 Å². The van der Waals surface area contributed by atoms with Gasteiger partial charge in [0.25, 0.3) is 5.91 Å². The summed E-state index contributed by atoms with van der Waals surface area (Å²) in [6.07, 6.45) is 1.61. The van der Waals surface area contributed by atoms with E-state index in [0.717, 1.165) is 5.01 Å². The van der Waals surface area contributed by atoms with E-state index in [-0.39, 0.29) is 22.7 Å². The highest BCUT2D eigenvalue weighted by Gasteiger charge is 2.30. The highest BCUT2D eigenvalue weighted by Crippen LogP contribution is 2.20. The van der Waals surface area contributed by atoms with Crippen molar-refractivity contribution < 1.29 is 9.59 Å². The number of thioether (sulfide) groups is 1. The lowest BCUT2D eigenvalue weighted by Gasteiger charge is -2.20. The highest BCUT2D eigenvalue weighted by atomic mass is 32.2. The fourth-order valence-electron chi connectivity index (χ4n) is 1.86. The van der Waals surface area contributed by atoms with Crippen LogP contribution >= 0.6 is 24.0 Å². The Morgan fingerprint density at radius 2 is 2.22 bits per heavy atom. The zero-order valence-electron chi connectivity index (χ0n) is 12.6. The summed E-state index contributed by atoms with van der Waals surface area (Å²) in [7, 11) is 1.61. The van der Waals surface area contributed by atoms with Gasteiger partial charge in [0.1, 0.15) is 0 Å². The quantitative estimate of drug-likeness (QED) is 0.509. The molecule has 0 unspecified atom stereocenters. The van der Waals surface area contributed by atoms with E-state index in [9.17, 15) is 9.59 Å². The Kier molecular flexibility index (Phi) is 5.89. The maximum atomic E-state index is 12.6. The van der Waals surface area contributed by atoms with Crippen molar-refractivity contribution in [1.82, 2.24) is 15.2 Å². The number of carbonyl (C=O) groups excluding carboxylic acids is 2. The molecule has 1 saturated heterocycles. The molecule has 0 saturated carbocycles. The summed E-state index contributed by atoms with van der Waals surface area (Å²) in [6, 6.07) is 8.71. The van der Waals surface area contributed by atoms with E-state index in [0.29, 0.717) is 17.3 Å². The maximum Gasteiger partial charge on any atom is 0.280 e. The summed E-state index contributed by atoms with van der Waals surface area (Å²) in [5, 5.41) is 8.72. The van der Waals surface area contributed by atoms with Gasteiger partial charge in [-0.2, -0.15) is 5.01 Å². The summed E-state index contributed by atoms with van der Waals surface area (Å²) >= 11 is 6.44. The largest absolute Gasteiger partial charge is 0.364 e. The van der Waals surface area contributed by atoms with Gasteiger partial charge >= 0.3 is 0 Å². The van der Waals surface area contributed by atoms with E-state index in [1.165, 1.54) is 16.7 Å². The molecule has 0 atom stereocenters. The number of hydrogen-bond acceptors (Lipinski definition) is 5. The monoisotopic (exact) mass is 348 g/mol. The molecule has 0 aliphatic carbocycles. The van der Waals surface area contributed by atoms with Crippen molar-refractivity contribution in [3.8, 4) is 0 Å². The molecule has 1 aromatic carbocycles. The first kappa shape index (κ1) is 17.2.